The third-order valence-electron chi connectivity index (χ3n) is 8.17. The Hall–Kier alpha value is -3.38. The Bertz CT molecular complexity index is 1800. The molecule has 0 saturated carbocycles. The lowest BCUT2D eigenvalue weighted by atomic mass is 9.89. The maximum Gasteiger partial charge on any atom is 0.0906 e. The van der Waals surface area contributed by atoms with Gasteiger partial charge in [-0.25, -0.2) is 0 Å². The Kier molecular flexibility index (Phi) is 8.01. The molecule has 42 heavy (non-hydrogen) atoms. The average molecular weight is 680 g/mol. The van der Waals surface area contributed by atoms with E-state index in [1.807, 2.05) is 12.1 Å². The normalized spacial score (nSPS) is 11.6. The lowest BCUT2D eigenvalue weighted by Gasteiger charge is -2.22. The van der Waals surface area contributed by atoms with Crippen LogP contribution in [0, 0.1) is 27.7 Å². The van der Waals surface area contributed by atoms with Crippen LogP contribution in [-0.2, 0) is 12.8 Å². The molecule has 0 aliphatic heterocycles. The predicted octanol–water partition coefficient (Wildman–Crippen LogP) is 9.77. The van der Waals surface area contributed by atoms with Crippen molar-refractivity contribution in [2.24, 2.45) is 5.73 Å². The van der Waals surface area contributed by atoms with Crippen molar-refractivity contribution in [2.45, 2.75) is 46.6 Å². The number of hydrogen-bond acceptors (Lipinski definition) is 3. The van der Waals surface area contributed by atoms with E-state index in [0.717, 1.165) is 66.1 Å². The van der Waals surface area contributed by atoms with Gasteiger partial charge in [-0.2, -0.15) is 0 Å². The number of aryl methyl sites for hydroxylation is 2. The van der Waals surface area contributed by atoms with Gasteiger partial charge in [0.2, 0.25) is 0 Å². The minimum Gasteiger partial charge on any atom is -0.318 e. The van der Waals surface area contributed by atoms with Gasteiger partial charge in [-0.3, -0.25) is 9.97 Å². The molecule has 0 aliphatic carbocycles. The van der Waals surface area contributed by atoms with Crippen LogP contribution in [0.5, 0.6) is 0 Å². The molecule has 0 unspecified atom stereocenters. The third-order valence-corrected chi connectivity index (χ3v) is 9.08. The molecule has 5 heteroatoms. The first-order chi connectivity index (χ1) is 20.2. The molecular weight excluding hydrogens is 646 g/mol. The fourth-order valence-electron chi connectivity index (χ4n) is 6.22. The Morgan fingerprint density at radius 2 is 1.00 bits per heavy atom. The summed E-state index contributed by atoms with van der Waals surface area (Å²) in [4.78, 5) is 10.3. The number of halogens is 2. The number of rotatable bonds is 6. The van der Waals surface area contributed by atoms with Crippen molar-refractivity contribution in [1.82, 2.24) is 9.97 Å². The second kappa shape index (κ2) is 11.7. The maximum absolute atomic E-state index is 7.18. The summed E-state index contributed by atoms with van der Waals surface area (Å²) in [5.41, 5.74) is 20.6. The van der Waals surface area contributed by atoms with E-state index in [9.17, 15) is 0 Å². The summed E-state index contributed by atoms with van der Waals surface area (Å²) in [7, 11) is 0. The van der Waals surface area contributed by atoms with Crippen molar-refractivity contribution in [3.8, 4) is 0 Å². The second-order valence-corrected chi connectivity index (χ2v) is 13.2. The molecule has 4 aromatic carbocycles. The maximum atomic E-state index is 7.18. The number of hydrogen-bond donors (Lipinski definition) is 1. The van der Waals surface area contributed by atoms with E-state index in [-0.39, 0.29) is 0 Å². The number of aromatic nitrogens is 2. The SMILES string of the molecule is Cc1cc(Br)cc(Cc2c(C)c(C(N)c3nc4ccccc4c(Cc4cc(C)cc(Br)c4)c3C)nc3ccccc23)c1. The van der Waals surface area contributed by atoms with E-state index in [4.69, 9.17) is 15.7 Å². The van der Waals surface area contributed by atoms with E-state index in [1.165, 1.54) is 33.4 Å². The predicted molar refractivity (Wildman–Crippen MR) is 182 cm³/mol. The minimum atomic E-state index is -0.467. The van der Waals surface area contributed by atoms with Gasteiger partial charge in [0.05, 0.1) is 28.5 Å². The van der Waals surface area contributed by atoms with Crippen LogP contribution in [0.4, 0.5) is 0 Å². The van der Waals surface area contributed by atoms with Crippen LogP contribution in [0.25, 0.3) is 21.8 Å². The highest BCUT2D eigenvalue weighted by Gasteiger charge is 2.23. The van der Waals surface area contributed by atoms with E-state index in [0.29, 0.717) is 0 Å². The summed E-state index contributed by atoms with van der Waals surface area (Å²) in [6.45, 7) is 8.59. The quantitative estimate of drug-likeness (QED) is 0.191. The second-order valence-electron chi connectivity index (χ2n) is 11.3. The van der Waals surface area contributed by atoms with Crippen LogP contribution in [-0.4, -0.2) is 9.97 Å². The highest BCUT2D eigenvalue weighted by molar-refractivity contribution is 9.10. The minimum absolute atomic E-state index is 0.467. The number of pyridine rings is 2. The van der Waals surface area contributed by atoms with Gasteiger partial charge in [0.25, 0.3) is 0 Å². The van der Waals surface area contributed by atoms with Gasteiger partial charge in [0.1, 0.15) is 0 Å². The van der Waals surface area contributed by atoms with Crippen molar-refractivity contribution in [3.05, 3.63) is 150 Å². The van der Waals surface area contributed by atoms with Gasteiger partial charge < -0.3 is 5.73 Å². The summed E-state index contributed by atoms with van der Waals surface area (Å²) in [5, 5.41) is 2.33. The molecule has 6 aromatic rings. The first-order valence-electron chi connectivity index (χ1n) is 14.2. The standard InChI is InChI=1S/C37H33Br2N3/c1-21-13-25(17-27(38)15-21)19-31-23(3)36(41-33-11-7-5-9-29(31)33)35(40)37-24(4)32(30-10-6-8-12-34(30)42-37)20-26-14-22(2)16-28(39)18-26/h5-18,35H,19-20,40H2,1-4H3. The van der Waals surface area contributed by atoms with Gasteiger partial charge in [-0.15, -0.1) is 0 Å². The monoisotopic (exact) mass is 677 g/mol. The zero-order chi connectivity index (χ0) is 29.5. The van der Waals surface area contributed by atoms with Gasteiger partial charge >= 0.3 is 0 Å². The summed E-state index contributed by atoms with van der Waals surface area (Å²) >= 11 is 7.37. The van der Waals surface area contributed by atoms with Crippen LogP contribution in [0.3, 0.4) is 0 Å². The van der Waals surface area contributed by atoms with E-state index in [2.05, 4.69) is 132 Å². The van der Waals surface area contributed by atoms with E-state index >= 15 is 0 Å². The largest absolute Gasteiger partial charge is 0.318 e. The average Bonchev–Trinajstić information content (AvgIpc) is 2.94. The summed E-state index contributed by atoms with van der Waals surface area (Å²) in [6.07, 6.45) is 1.60. The van der Waals surface area contributed by atoms with Gasteiger partial charge in [-0.05, 0) is 121 Å². The molecule has 0 aliphatic rings. The highest BCUT2D eigenvalue weighted by Crippen LogP contribution is 2.34. The van der Waals surface area contributed by atoms with Crippen LogP contribution in [0.15, 0.2) is 93.9 Å². The molecule has 3 nitrogen and oxygen atoms in total. The smallest absolute Gasteiger partial charge is 0.0906 e. The molecule has 2 aromatic heterocycles. The Labute approximate surface area is 264 Å². The molecule has 2 N–H and O–H groups in total. The van der Waals surface area contributed by atoms with Crippen molar-refractivity contribution in [3.63, 3.8) is 0 Å². The zero-order valence-corrected chi connectivity index (χ0v) is 27.5. The molecule has 0 fully saturated rings. The van der Waals surface area contributed by atoms with Crippen LogP contribution < -0.4 is 5.73 Å². The number of benzene rings is 4. The van der Waals surface area contributed by atoms with Crippen LogP contribution in [0.2, 0.25) is 0 Å². The van der Waals surface area contributed by atoms with Crippen molar-refractivity contribution in [2.75, 3.05) is 0 Å². The molecule has 0 radical (unpaired) electrons. The Morgan fingerprint density at radius 3 is 1.40 bits per heavy atom. The summed E-state index contributed by atoms with van der Waals surface area (Å²) in [5.74, 6) is 0. The van der Waals surface area contributed by atoms with Crippen molar-refractivity contribution in [1.29, 1.82) is 0 Å². The first-order valence-corrected chi connectivity index (χ1v) is 15.8. The summed E-state index contributed by atoms with van der Waals surface area (Å²) < 4.78 is 2.18. The molecule has 0 spiro atoms. The molecule has 0 amide bonds. The fourth-order valence-corrected chi connectivity index (χ4v) is 7.53. The van der Waals surface area contributed by atoms with E-state index < -0.39 is 6.04 Å². The molecule has 0 saturated heterocycles. The highest BCUT2D eigenvalue weighted by atomic mass is 79.9. The third kappa shape index (κ3) is 5.66. The number of fused-ring (bicyclic) bond motifs is 2. The molecule has 6 rings (SSSR count). The van der Waals surface area contributed by atoms with Crippen molar-refractivity contribution < 1.29 is 0 Å². The lowest BCUT2D eigenvalue weighted by molar-refractivity contribution is 0.781. The Balaban J connectivity index is 1.51. The zero-order valence-electron chi connectivity index (χ0n) is 24.3. The van der Waals surface area contributed by atoms with Crippen LogP contribution >= 0.6 is 31.9 Å². The number of nitrogens with zero attached hydrogens (tertiary/aromatic N) is 2. The van der Waals surface area contributed by atoms with Crippen LogP contribution in [0.1, 0.15) is 61.9 Å². The lowest BCUT2D eigenvalue weighted by Crippen LogP contribution is -2.20. The molecule has 0 bridgehead atoms. The molecule has 2 heterocycles. The summed E-state index contributed by atoms with van der Waals surface area (Å²) in [6, 6.07) is 29.5. The number of para-hydroxylation sites is 2. The number of nitrogens with two attached hydrogens (primary N) is 1. The van der Waals surface area contributed by atoms with E-state index in [1.54, 1.807) is 0 Å². The van der Waals surface area contributed by atoms with Gasteiger partial charge in [0, 0.05) is 19.7 Å². The molecule has 0 atom stereocenters. The Morgan fingerprint density at radius 1 is 0.595 bits per heavy atom. The molecule has 210 valence electrons. The molecular formula is C37H33Br2N3. The van der Waals surface area contributed by atoms with Gasteiger partial charge in [-0.1, -0.05) is 80.4 Å². The van der Waals surface area contributed by atoms with Crippen molar-refractivity contribution >= 4 is 53.7 Å². The first kappa shape index (κ1) is 28.7. The fraction of sp³-hybridized carbons (Fsp3) is 0.189. The topological polar surface area (TPSA) is 51.8 Å². The van der Waals surface area contributed by atoms with Gasteiger partial charge in [0.15, 0.2) is 0 Å².